The molecule has 9 heteroatoms. The number of ether oxygens (including phenoxy) is 3. The van der Waals surface area contributed by atoms with Gasteiger partial charge in [-0.2, -0.15) is 0 Å². The average molecular weight is 413 g/mol. The topological polar surface area (TPSA) is 97.8 Å². The molecule has 1 amide bonds. The van der Waals surface area contributed by atoms with Gasteiger partial charge in [-0.05, 0) is 37.6 Å². The number of fused-ring (bicyclic) bond motifs is 1. The Hall–Kier alpha value is -2.91. The number of benzene rings is 1. The lowest BCUT2D eigenvalue weighted by Gasteiger charge is -2.26. The number of hydrogen-bond acceptors (Lipinski definition) is 8. The molecule has 30 heavy (non-hydrogen) atoms. The van der Waals surface area contributed by atoms with Crippen LogP contribution in [-0.4, -0.2) is 67.0 Å². The second kappa shape index (κ2) is 9.73. The average Bonchev–Trinajstić information content (AvgIpc) is 3.24. The maximum atomic E-state index is 12.4. The van der Waals surface area contributed by atoms with Gasteiger partial charge in [0, 0.05) is 32.4 Å². The molecule has 0 saturated carbocycles. The molecule has 0 aliphatic carbocycles. The summed E-state index contributed by atoms with van der Waals surface area (Å²) < 4.78 is 16.1. The van der Waals surface area contributed by atoms with E-state index in [0.29, 0.717) is 30.3 Å². The molecular weight excluding hydrogens is 386 g/mol. The number of aromatic nitrogens is 2. The Morgan fingerprint density at radius 1 is 1.20 bits per heavy atom. The predicted octanol–water partition coefficient (Wildman–Crippen LogP) is 1.58. The Morgan fingerprint density at radius 3 is 2.87 bits per heavy atom. The zero-order chi connectivity index (χ0) is 20.8. The Morgan fingerprint density at radius 2 is 2.03 bits per heavy atom. The molecule has 4 rings (SSSR count). The van der Waals surface area contributed by atoms with E-state index in [9.17, 15) is 4.79 Å². The Bertz CT molecular complexity index is 886. The first-order valence-electron chi connectivity index (χ1n) is 10.2. The van der Waals surface area contributed by atoms with Crippen molar-refractivity contribution < 1.29 is 19.0 Å². The van der Waals surface area contributed by atoms with Gasteiger partial charge in [0.1, 0.15) is 0 Å². The van der Waals surface area contributed by atoms with E-state index < -0.39 is 0 Å². The number of nitrogens with one attached hydrogen (secondary N) is 2. The highest BCUT2D eigenvalue weighted by Gasteiger charge is 2.15. The summed E-state index contributed by atoms with van der Waals surface area (Å²) in [5.41, 5.74) is 2.17. The van der Waals surface area contributed by atoms with Crippen molar-refractivity contribution in [3.05, 3.63) is 41.2 Å². The molecule has 0 radical (unpaired) electrons. The van der Waals surface area contributed by atoms with Crippen molar-refractivity contribution >= 4 is 11.9 Å². The van der Waals surface area contributed by atoms with Crippen molar-refractivity contribution in [3.8, 4) is 11.5 Å². The van der Waals surface area contributed by atoms with E-state index in [-0.39, 0.29) is 12.7 Å². The molecule has 2 N–H and O–H groups in total. The molecule has 1 fully saturated rings. The number of rotatable bonds is 8. The maximum absolute atomic E-state index is 12.4. The molecule has 1 aromatic heterocycles. The summed E-state index contributed by atoms with van der Waals surface area (Å²) in [4.78, 5) is 23.5. The van der Waals surface area contributed by atoms with Crippen molar-refractivity contribution in [1.29, 1.82) is 0 Å². The molecule has 0 atom stereocenters. The molecule has 160 valence electrons. The highest BCUT2D eigenvalue weighted by molar-refractivity contribution is 5.94. The van der Waals surface area contributed by atoms with E-state index >= 15 is 0 Å². The Labute approximate surface area is 175 Å². The Balaban J connectivity index is 1.24. The van der Waals surface area contributed by atoms with Crippen LogP contribution in [0.5, 0.6) is 11.5 Å². The van der Waals surface area contributed by atoms with Crippen molar-refractivity contribution in [2.75, 3.05) is 51.5 Å². The van der Waals surface area contributed by atoms with Crippen LogP contribution in [0.25, 0.3) is 0 Å². The minimum atomic E-state index is -0.142. The maximum Gasteiger partial charge on any atom is 0.254 e. The van der Waals surface area contributed by atoms with Gasteiger partial charge in [0.2, 0.25) is 12.7 Å². The van der Waals surface area contributed by atoms with Crippen molar-refractivity contribution in [1.82, 2.24) is 20.2 Å². The SMILES string of the molecule is Cc1nc(NCc2ccc3c(c2)OCO3)ncc1C(=O)NCCCN1CCOCC1. The van der Waals surface area contributed by atoms with Gasteiger partial charge in [-0.15, -0.1) is 0 Å². The lowest BCUT2D eigenvalue weighted by molar-refractivity contribution is 0.0374. The highest BCUT2D eigenvalue weighted by atomic mass is 16.7. The van der Waals surface area contributed by atoms with Crippen LogP contribution >= 0.6 is 0 Å². The van der Waals surface area contributed by atoms with Crippen LogP contribution in [0.1, 0.15) is 28.0 Å². The number of carbonyl (C=O) groups excluding carboxylic acids is 1. The van der Waals surface area contributed by atoms with E-state index in [1.54, 1.807) is 6.20 Å². The van der Waals surface area contributed by atoms with Crippen LogP contribution in [0.15, 0.2) is 24.4 Å². The van der Waals surface area contributed by atoms with Crippen LogP contribution in [0.2, 0.25) is 0 Å². The number of carbonyl (C=O) groups is 1. The van der Waals surface area contributed by atoms with Gasteiger partial charge in [-0.1, -0.05) is 6.07 Å². The molecule has 0 unspecified atom stereocenters. The summed E-state index contributed by atoms with van der Waals surface area (Å²) in [5, 5.41) is 6.14. The van der Waals surface area contributed by atoms with Gasteiger partial charge in [-0.25, -0.2) is 9.97 Å². The molecule has 2 aliphatic heterocycles. The fraction of sp³-hybridized carbons (Fsp3) is 0.476. The predicted molar refractivity (Wildman–Crippen MR) is 111 cm³/mol. The van der Waals surface area contributed by atoms with Gasteiger partial charge in [0.25, 0.3) is 5.91 Å². The molecule has 3 heterocycles. The molecule has 0 spiro atoms. The third kappa shape index (κ3) is 5.17. The zero-order valence-electron chi connectivity index (χ0n) is 17.1. The molecule has 1 saturated heterocycles. The van der Waals surface area contributed by atoms with E-state index in [2.05, 4.69) is 25.5 Å². The molecule has 0 bridgehead atoms. The third-order valence-corrected chi connectivity index (χ3v) is 5.15. The van der Waals surface area contributed by atoms with E-state index in [1.165, 1.54) is 0 Å². The zero-order valence-corrected chi connectivity index (χ0v) is 17.1. The number of anilines is 1. The summed E-state index contributed by atoms with van der Waals surface area (Å²) in [6.45, 7) is 7.70. The summed E-state index contributed by atoms with van der Waals surface area (Å²) in [5.74, 6) is 1.84. The van der Waals surface area contributed by atoms with E-state index in [1.807, 2.05) is 25.1 Å². The smallest absolute Gasteiger partial charge is 0.254 e. The van der Waals surface area contributed by atoms with Gasteiger partial charge >= 0.3 is 0 Å². The molecule has 9 nitrogen and oxygen atoms in total. The van der Waals surface area contributed by atoms with E-state index in [4.69, 9.17) is 14.2 Å². The van der Waals surface area contributed by atoms with Crippen molar-refractivity contribution in [3.63, 3.8) is 0 Å². The van der Waals surface area contributed by atoms with Crippen LogP contribution < -0.4 is 20.1 Å². The van der Waals surface area contributed by atoms with Gasteiger partial charge in [-0.3, -0.25) is 9.69 Å². The first-order chi connectivity index (χ1) is 14.7. The first kappa shape index (κ1) is 20.4. The standard InChI is InChI=1S/C21H27N5O4/c1-15-17(20(27)22-5-2-6-26-7-9-28-10-8-26)13-24-21(25-15)23-12-16-3-4-18-19(11-16)30-14-29-18/h3-4,11,13H,2,5-10,12,14H2,1H3,(H,22,27)(H,23,24,25). The van der Waals surface area contributed by atoms with Crippen LogP contribution in [0, 0.1) is 6.92 Å². The number of hydrogen-bond donors (Lipinski definition) is 2. The molecule has 1 aromatic carbocycles. The van der Waals surface area contributed by atoms with Crippen LogP contribution in [0.3, 0.4) is 0 Å². The largest absolute Gasteiger partial charge is 0.454 e. The second-order valence-electron chi connectivity index (χ2n) is 7.30. The summed E-state index contributed by atoms with van der Waals surface area (Å²) in [6, 6.07) is 5.78. The molecule has 2 aliphatic rings. The lowest BCUT2D eigenvalue weighted by atomic mass is 10.2. The fourth-order valence-electron chi connectivity index (χ4n) is 3.43. The number of nitrogens with zero attached hydrogens (tertiary/aromatic N) is 3. The minimum absolute atomic E-state index is 0.142. The fourth-order valence-corrected chi connectivity index (χ4v) is 3.43. The highest BCUT2D eigenvalue weighted by Crippen LogP contribution is 2.32. The first-order valence-corrected chi connectivity index (χ1v) is 10.2. The monoisotopic (exact) mass is 413 g/mol. The third-order valence-electron chi connectivity index (χ3n) is 5.15. The van der Waals surface area contributed by atoms with Crippen LogP contribution in [0.4, 0.5) is 5.95 Å². The van der Waals surface area contributed by atoms with E-state index in [0.717, 1.165) is 56.3 Å². The van der Waals surface area contributed by atoms with Gasteiger partial charge < -0.3 is 24.8 Å². The normalized spacial score (nSPS) is 15.8. The number of morpholine rings is 1. The second-order valence-corrected chi connectivity index (χ2v) is 7.30. The van der Waals surface area contributed by atoms with Crippen molar-refractivity contribution in [2.45, 2.75) is 19.9 Å². The summed E-state index contributed by atoms with van der Waals surface area (Å²) in [6.07, 6.45) is 2.47. The minimum Gasteiger partial charge on any atom is -0.454 e. The summed E-state index contributed by atoms with van der Waals surface area (Å²) >= 11 is 0. The Kier molecular flexibility index (Phi) is 6.60. The summed E-state index contributed by atoms with van der Waals surface area (Å²) in [7, 11) is 0. The lowest BCUT2D eigenvalue weighted by Crippen LogP contribution is -2.38. The number of amides is 1. The van der Waals surface area contributed by atoms with Crippen LogP contribution in [-0.2, 0) is 11.3 Å². The number of aryl methyl sites for hydroxylation is 1. The molecule has 2 aromatic rings. The van der Waals surface area contributed by atoms with Gasteiger partial charge in [0.05, 0.1) is 24.5 Å². The van der Waals surface area contributed by atoms with Crippen molar-refractivity contribution in [2.24, 2.45) is 0 Å². The van der Waals surface area contributed by atoms with Gasteiger partial charge in [0.15, 0.2) is 11.5 Å². The quantitative estimate of drug-likeness (QED) is 0.630. The molecular formula is C21H27N5O4.